The van der Waals surface area contributed by atoms with Crippen molar-refractivity contribution >= 4 is 32.7 Å². The van der Waals surface area contributed by atoms with Crippen molar-refractivity contribution in [3.8, 4) is 5.75 Å². The Morgan fingerprint density at radius 2 is 1.82 bits per heavy atom. The number of benzene rings is 2. The van der Waals surface area contributed by atoms with E-state index < -0.39 is 22.0 Å². The number of aromatic nitrogens is 4. The summed E-state index contributed by atoms with van der Waals surface area (Å²) in [6.45, 7) is 1.11. The predicted octanol–water partition coefficient (Wildman–Crippen LogP) is 1.000. The second-order valence-corrected chi connectivity index (χ2v) is 8.97. The smallest absolute Gasteiger partial charge is 0.324 e. The summed E-state index contributed by atoms with van der Waals surface area (Å²) in [7, 11) is -0.906. The minimum absolute atomic E-state index is 0.0150. The molecule has 12 heteroatoms. The van der Waals surface area contributed by atoms with Gasteiger partial charge in [0.15, 0.2) is 12.4 Å². The summed E-state index contributed by atoms with van der Waals surface area (Å²) in [5, 5.41) is 8.53. The molecule has 0 aliphatic rings. The van der Waals surface area contributed by atoms with Crippen LogP contribution < -0.4 is 15.0 Å². The number of nitrogens with zero attached hydrogens (tertiary/aromatic N) is 4. The van der Waals surface area contributed by atoms with Gasteiger partial charge in [0.2, 0.25) is 15.8 Å². The molecule has 0 aliphatic carbocycles. The molecule has 0 fully saturated rings. The first-order chi connectivity index (χ1) is 15.7. The normalized spacial score (nSPS) is 12.7. The maximum atomic E-state index is 12.6. The highest BCUT2D eigenvalue weighted by Crippen LogP contribution is 2.17. The number of carbonyl (C=O) groups excluding carboxylic acids is 1. The third kappa shape index (κ3) is 4.17. The minimum atomic E-state index is -3.95. The number of methoxy groups -OCH3 is 1. The van der Waals surface area contributed by atoms with Gasteiger partial charge in [-0.05, 0) is 43.3 Å². The monoisotopic (exact) mass is 471 g/mol. The van der Waals surface area contributed by atoms with Crippen LogP contribution in [0.2, 0.25) is 0 Å². The summed E-state index contributed by atoms with van der Waals surface area (Å²) in [5.41, 5.74) is 0.343. The molecule has 2 aromatic carbocycles. The fourth-order valence-corrected chi connectivity index (χ4v) is 4.54. The number of hydrogen-bond acceptors (Lipinski definition) is 8. The zero-order valence-corrected chi connectivity index (χ0v) is 18.9. The summed E-state index contributed by atoms with van der Waals surface area (Å²) in [4.78, 5) is 25.0. The third-order valence-corrected chi connectivity index (χ3v) is 6.65. The van der Waals surface area contributed by atoms with Crippen molar-refractivity contribution in [2.45, 2.75) is 24.5 Å². The van der Waals surface area contributed by atoms with Crippen molar-refractivity contribution in [2.24, 2.45) is 7.05 Å². The highest BCUT2D eigenvalue weighted by Gasteiger charge is 2.24. The number of esters is 1. The first-order valence-corrected chi connectivity index (χ1v) is 11.4. The molecule has 0 aliphatic heterocycles. The van der Waals surface area contributed by atoms with E-state index >= 15 is 0 Å². The predicted molar refractivity (Wildman–Crippen MR) is 118 cm³/mol. The van der Waals surface area contributed by atoms with Crippen molar-refractivity contribution in [1.29, 1.82) is 0 Å². The molecule has 172 valence electrons. The fraction of sp³-hybridized carbons (Fsp3) is 0.238. The van der Waals surface area contributed by atoms with Gasteiger partial charge in [0.25, 0.3) is 5.56 Å². The lowest BCUT2D eigenvalue weighted by Gasteiger charge is -2.14. The molecule has 2 heterocycles. The lowest BCUT2D eigenvalue weighted by Crippen LogP contribution is -2.39. The van der Waals surface area contributed by atoms with Crippen molar-refractivity contribution in [2.75, 3.05) is 7.11 Å². The van der Waals surface area contributed by atoms with E-state index in [0.717, 1.165) is 0 Å². The average molecular weight is 471 g/mol. The van der Waals surface area contributed by atoms with Crippen LogP contribution in [-0.4, -0.2) is 46.7 Å². The molecule has 0 saturated heterocycles. The van der Waals surface area contributed by atoms with E-state index in [-0.39, 0.29) is 28.7 Å². The summed E-state index contributed by atoms with van der Waals surface area (Å²) in [6, 6.07) is 11.5. The number of carbonyl (C=O) groups is 1. The van der Waals surface area contributed by atoms with Gasteiger partial charge < -0.3 is 9.47 Å². The van der Waals surface area contributed by atoms with E-state index in [1.165, 1.54) is 42.9 Å². The first kappa shape index (κ1) is 22.4. The summed E-state index contributed by atoms with van der Waals surface area (Å²) >= 11 is 0. The number of para-hydroxylation sites is 1. The van der Waals surface area contributed by atoms with Crippen molar-refractivity contribution in [3.63, 3.8) is 0 Å². The molecular weight excluding hydrogens is 450 g/mol. The number of aryl methyl sites for hydroxylation is 1. The molecule has 1 unspecified atom stereocenters. The van der Waals surface area contributed by atoms with Gasteiger partial charge in [-0.2, -0.15) is 4.72 Å². The third-order valence-electron chi connectivity index (χ3n) is 5.09. The van der Waals surface area contributed by atoms with Gasteiger partial charge in [0, 0.05) is 7.05 Å². The minimum Gasteiger partial charge on any atom is -0.497 e. The van der Waals surface area contributed by atoms with Crippen molar-refractivity contribution in [3.05, 3.63) is 64.7 Å². The second kappa shape index (κ2) is 8.64. The number of nitrogens with one attached hydrogen (secondary N) is 1. The zero-order chi connectivity index (χ0) is 23.8. The Morgan fingerprint density at radius 3 is 2.52 bits per heavy atom. The second-order valence-electron chi connectivity index (χ2n) is 7.26. The van der Waals surface area contributed by atoms with Gasteiger partial charge >= 0.3 is 5.97 Å². The van der Waals surface area contributed by atoms with Crippen LogP contribution in [0.1, 0.15) is 12.7 Å². The molecule has 4 rings (SSSR count). The summed E-state index contributed by atoms with van der Waals surface area (Å²) in [5.74, 6) is 0.290. The Morgan fingerprint density at radius 1 is 1.12 bits per heavy atom. The van der Waals surface area contributed by atoms with Crippen LogP contribution in [0, 0.1) is 0 Å². The Hall–Kier alpha value is -3.77. The SMILES string of the molecule is COc1ccc(S(=O)(=O)NC(C)C(=O)OCc2nnc3n(C)c(=O)c4ccccc4n23)cc1. The molecule has 0 bridgehead atoms. The topological polar surface area (TPSA) is 134 Å². The molecule has 11 nitrogen and oxygen atoms in total. The number of ether oxygens (including phenoxy) is 2. The number of sulfonamides is 1. The zero-order valence-electron chi connectivity index (χ0n) is 18.0. The van der Waals surface area contributed by atoms with E-state index in [4.69, 9.17) is 9.47 Å². The Kier molecular flexibility index (Phi) is 5.87. The van der Waals surface area contributed by atoms with Gasteiger partial charge in [-0.25, -0.2) is 8.42 Å². The molecular formula is C21H21N5O6S. The maximum Gasteiger partial charge on any atom is 0.324 e. The average Bonchev–Trinajstić information content (AvgIpc) is 3.25. The number of fused-ring (bicyclic) bond motifs is 3. The van der Waals surface area contributed by atoms with Crippen molar-refractivity contribution in [1.82, 2.24) is 23.9 Å². The van der Waals surface area contributed by atoms with E-state index in [9.17, 15) is 18.0 Å². The molecule has 1 N–H and O–H groups in total. The summed E-state index contributed by atoms with van der Waals surface area (Å²) < 4.78 is 40.7. The number of hydrogen-bond donors (Lipinski definition) is 1. The quantitative estimate of drug-likeness (QED) is 0.395. The van der Waals surface area contributed by atoms with E-state index in [1.54, 1.807) is 35.7 Å². The van der Waals surface area contributed by atoms with Crippen LogP contribution in [0.3, 0.4) is 0 Å². The van der Waals surface area contributed by atoms with Crippen LogP contribution in [0.25, 0.3) is 16.7 Å². The maximum absolute atomic E-state index is 12.6. The van der Waals surface area contributed by atoms with Crippen molar-refractivity contribution < 1.29 is 22.7 Å². The van der Waals surface area contributed by atoms with Gasteiger partial charge in [-0.1, -0.05) is 12.1 Å². The van der Waals surface area contributed by atoms with E-state index in [1.807, 2.05) is 0 Å². The molecule has 0 saturated carbocycles. The Balaban J connectivity index is 1.52. The molecule has 0 spiro atoms. The van der Waals surface area contributed by atoms with Crippen LogP contribution in [-0.2, 0) is 33.2 Å². The van der Waals surface area contributed by atoms with Gasteiger partial charge in [-0.15, -0.1) is 10.2 Å². The molecule has 0 amide bonds. The molecule has 0 radical (unpaired) electrons. The lowest BCUT2D eigenvalue weighted by molar-refractivity contribution is -0.146. The Labute approximate surface area is 188 Å². The fourth-order valence-electron chi connectivity index (χ4n) is 3.35. The van der Waals surface area contributed by atoms with E-state index in [2.05, 4.69) is 14.9 Å². The molecule has 33 heavy (non-hydrogen) atoms. The van der Waals surface area contributed by atoms with Gasteiger partial charge in [-0.3, -0.25) is 18.6 Å². The largest absolute Gasteiger partial charge is 0.497 e. The Bertz CT molecular complexity index is 1510. The highest BCUT2D eigenvalue weighted by atomic mass is 32.2. The van der Waals surface area contributed by atoms with E-state index in [0.29, 0.717) is 16.7 Å². The van der Waals surface area contributed by atoms with Gasteiger partial charge in [0.05, 0.1) is 22.9 Å². The van der Waals surface area contributed by atoms with Crippen LogP contribution >= 0.6 is 0 Å². The molecule has 1 atom stereocenters. The summed E-state index contributed by atoms with van der Waals surface area (Å²) in [6.07, 6.45) is 0. The standard InChI is InChI=1S/C21H21N5O6S/c1-13(24-33(29,30)15-10-8-14(31-3)9-11-15)20(28)32-12-18-22-23-21-25(2)19(27)16-6-4-5-7-17(16)26(18)21/h4-11,13,24H,12H2,1-3H3. The van der Waals surface area contributed by atoms with Crippen LogP contribution in [0.15, 0.2) is 58.2 Å². The first-order valence-electron chi connectivity index (χ1n) is 9.87. The van der Waals surface area contributed by atoms with Crippen LogP contribution in [0.4, 0.5) is 0 Å². The van der Waals surface area contributed by atoms with Crippen LogP contribution in [0.5, 0.6) is 5.75 Å². The highest BCUT2D eigenvalue weighted by molar-refractivity contribution is 7.89. The van der Waals surface area contributed by atoms with Gasteiger partial charge in [0.1, 0.15) is 11.8 Å². The molecule has 4 aromatic rings. The molecule has 2 aromatic heterocycles. The lowest BCUT2D eigenvalue weighted by atomic mass is 10.2. The number of rotatable bonds is 7.